The predicted molar refractivity (Wildman–Crippen MR) is 110 cm³/mol. The number of hydrogen-bond acceptors (Lipinski definition) is 0. The molecule has 0 saturated heterocycles. The molecule has 0 unspecified atom stereocenters. The van der Waals surface area contributed by atoms with Crippen LogP contribution in [0.25, 0.3) is 10.8 Å². The lowest BCUT2D eigenvalue weighted by Gasteiger charge is -2.05. The van der Waals surface area contributed by atoms with Gasteiger partial charge in [-0.3, -0.25) is 0 Å². The molecule has 0 aliphatic rings. The van der Waals surface area contributed by atoms with Crippen molar-refractivity contribution in [1.29, 1.82) is 0 Å². The van der Waals surface area contributed by atoms with Crippen LogP contribution in [-0.4, -0.2) is 0 Å². The average molecular weight is 350 g/mol. The second kappa shape index (κ2) is 7.89. The van der Waals surface area contributed by atoms with Crippen LogP contribution in [0, 0.1) is 17.7 Å². The number of rotatable bonds is 3. The van der Waals surface area contributed by atoms with Gasteiger partial charge in [-0.2, -0.15) is 0 Å². The van der Waals surface area contributed by atoms with Gasteiger partial charge in [-0.15, -0.1) is 0 Å². The van der Waals surface area contributed by atoms with Gasteiger partial charge < -0.3 is 0 Å². The Hall–Kier alpha value is -3.37. The lowest BCUT2D eigenvalue weighted by atomic mass is 10.00. The van der Waals surface area contributed by atoms with E-state index in [2.05, 4.69) is 72.5 Å². The Morgan fingerprint density at radius 2 is 1.37 bits per heavy atom. The molecule has 4 aromatic carbocycles. The Morgan fingerprint density at radius 1 is 0.630 bits per heavy atom. The highest BCUT2D eigenvalue weighted by Gasteiger charge is 2.00. The van der Waals surface area contributed by atoms with Crippen LogP contribution < -0.4 is 0 Å². The van der Waals surface area contributed by atoms with Crippen LogP contribution in [0.3, 0.4) is 0 Å². The third-order valence-corrected chi connectivity index (χ3v) is 4.59. The highest BCUT2D eigenvalue weighted by Crippen LogP contribution is 2.20. The van der Waals surface area contributed by atoms with E-state index >= 15 is 0 Å². The van der Waals surface area contributed by atoms with Gasteiger partial charge in [0.05, 0.1) is 0 Å². The Kier molecular flexibility index (Phi) is 4.99. The fourth-order valence-corrected chi connectivity index (χ4v) is 3.17. The van der Waals surface area contributed by atoms with Crippen molar-refractivity contribution in [3.05, 3.63) is 119 Å². The van der Waals surface area contributed by atoms with E-state index in [4.69, 9.17) is 0 Å². The molecule has 1 heteroatoms. The lowest BCUT2D eigenvalue weighted by molar-refractivity contribution is 0.627. The first-order chi connectivity index (χ1) is 13.3. The van der Waals surface area contributed by atoms with Crippen molar-refractivity contribution in [3.8, 4) is 11.8 Å². The second-order valence-electron chi connectivity index (χ2n) is 6.66. The number of fused-ring (bicyclic) bond motifs is 1. The van der Waals surface area contributed by atoms with Gasteiger partial charge in [-0.25, -0.2) is 4.39 Å². The molecule has 0 N–H and O–H groups in total. The van der Waals surface area contributed by atoms with E-state index in [1.54, 1.807) is 12.1 Å². The van der Waals surface area contributed by atoms with E-state index in [1.165, 1.54) is 34.0 Å². The normalized spacial score (nSPS) is 10.4. The van der Waals surface area contributed by atoms with Crippen LogP contribution in [0.4, 0.5) is 4.39 Å². The molecule has 0 bridgehead atoms. The fourth-order valence-electron chi connectivity index (χ4n) is 3.17. The van der Waals surface area contributed by atoms with Gasteiger partial charge in [0.15, 0.2) is 0 Å². The van der Waals surface area contributed by atoms with E-state index in [9.17, 15) is 4.39 Å². The zero-order valence-electron chi connectivity index (χ0n) is 15.0. The summed E-state index contributed by atoms with van der Waals surface area (Å²) >= 11 is 0. The van der Waals surface area contributed by atoms with Crippen LogP contribution in [0.15, 0.2) is 91.0 Å². The molecule has 0 aliphatic carbocycles. The zero-order valence-corrected chi connectivity index (χ0v) is 15.0. The minimum Gasteiger partial charge on any atom is -0.207 e. The third-order valence-electron chi connectivity index (χ3n) is 4.59. The van der Waals surface area contributed by atoms with E-state index in [0.717, 1.165) is 17.5 Å². The summed E-state index contributed by atoms with van der Waals surface area (Å²) in [5.74, 6) is 6.19. The Balaban J connectivity index is 1.54. The summed E-state index contributed by atoms with van der Waals surface area (Å²) < 4.78 is 13.0. The molecular weight excluding hydrogens is 331 g/mol. The molecule has 130 valence electrons. The fraction of sp³-hybridized carbons (Fsp3) is 0.0769. The maximum absolute atomic E-state index is 13.0. The molecule has 0 aromatic heterocycles. The number of hydrogen-bond donors (Lipinski definition) is 0. The summed E-state index contributed by atoms with van der Waals surface area (Å²) in [4.78, 5) is 0. The minimum absolute atomic E-state index is 0.215. The molecule has 0 spiro atoms. The quantitative estimate of drug-likeness (QED) is 0.388. The maximum Gasteiger partial charge on any atom is 0.123 e. The Morgan fingerprint density at radius 3 is 2.19 bits per heavy atom. The van der Waals surface area contributed by atoms with E-state index in [-0.39, 0.29) is 5.82 Å². The van der Waals surface area contributed by atoms with Crippen molar-refractivity contribution in [3.63, 3.8) is 0 Å². The standard InChI is InChI=1S/C26H19F/c27-26-15-11-20(12-16-26)7-4-8-22-9-13-24-14-10-23(19-25(24)18-22)17-21-5-2-1-3-6-21/h1-3,5-6,9-16,18-19H,7,17H2. The zero-order chi connectivity index (χ0) is 18.5. The first-order valence-electron chi connectivity index (χ1n) is 9.06. The molecule has 27 heavy (non-hydrogen) atoms. The summed E-state index contributed by atoms with van der Waals surface area (Å²) in [7, 11) is 0. The van der Waals surface area contributed by atoms with Crippen LogP contribution in [0.5, 0.6) is 0 Å². The molecule has 4 rings (SSSR count). The summed E-state index contributed by atoms with van der Waals surface area (Å²) in [6.07, 6.45) is 1.55. The van der Waals surface area contributed by atoms with Gasteiger partial charge in [-0.05, 0) is 58.1 Å². The number of benzene rings is 4. The lowest BCUT2D eigenvalue weighted by Crippen LogP contribution is -1.88. The van der Waals surface area contributed by atoms with Crippen molar-refractivity contribution in [2.45, 2.75) is 12.8 Å². The molecule has 4 aromatic rings. The highest BCUT2D eigenvalue weighted by atomic mass is 19.1. The predicted octanol–water partition coefficient (Wildman–Crippen LogP) is 6.16. The molecule has 0 atom stereocenters. The first kappa shape index (κ1) is 17.1. The molecule has 0 heterocycles. The monoisotopic (exact) mass is 350 g/mol. The van der Waals surface area contributed by atoms with Crippen LogP contribution in [0.2, 0.25) is 0 Å². The summed E-state index contributed by atoms with van der Waals surface area (Å²) in [6, 6.07) is 29.9. The molecule has 0 radical (unpaired) electrons. The van der Waals surface area contributed by atoms with Crippen molar-refractivity contribution in [2.75, 3.05) is 0 Å². The summed E-state index contributed by atoms with van der Waals surface area (Å²) in [5.41, 5.74) is 4.63. The van der Waals surface area contributed by atoms with Gasteiger partial charge >= 0.3 is 0 Å². The average Bonchev–Trinajstić information content (AvgIpc) is 2.70. The minimum atomic E-state index is -0.215. The van der Waals surface area contributed by atoms with Gasteiger partial charge in [0.2, 0.25) is 0 Å². The van der Waals surface area contributed by atoms with Crippen molar-refractivity contribution < 1.29 is 4.39 Å². The van der Waals surface area contributed by atoms with Crippen molar-refractivity contribution >= 4 is 10.8 Å². The van der Waals surface area contributed by atoms with Crippen LogP contribution in [0.1, 0.15) is 22.3 Å². The first-order valence-corrected chi connectivity index (χ1v) is 9.06. The topological polar surface area (TPSA) is 0 Å². The van der Waals surface area contributed by atoms with Crippen molar-refractivity contribution in [1.82, 2.24) is 0 Å². The number of halogens is 1. The molecule has 0 amide bonds. The van der Waals surface area contributed by atoms with Gasteiger partial charge in [0.1, 0.15) is 5.82 Å². The van der Waals surface area contributed by atoms with E-state index in [0.29, 0.717) is 6.42 Å². The molecule has 0 aliphatic heterocycles. The Bertz CT molecular complexity index is 1110. The van der Waals surface area contributed by atoms with Gasteiger partial charge in [0, 0.05) is 12.0 Å². The molecule has 0 fully saturated rings. The van der Waals surface area contributed by atoms with Crippen LogP contribution >= 0.6 is 0 Å². The van der Waals surface area contributed by atoms with Crippen molar-refractivity contribution in [2.24, 2.45) is 0 Å². The SMILES string of the molecule is Fc1ccc(CC#Cc2ccc3ccc(Cc4ccccc4)cc3c2)cc1. The molecule has 0 saturated carbocycles. The Labute approximate surface area is 159 Å². The maximum atomic E-state index is 13.0. The van der Waals surface area contributed by atoms with Gasteiger partial charge in [0.25, 0.3) is 0 Å². The summed E-state index contributed by atoms with van der Waals surface area (Å²) in [5, 5.41) is 2.42. The third kappa shape index (κ3) is 4.43. The van der Waals surface area contributed by atoms with E-state index in [1.807, 2.05) is 6.07 Å². The smallest absolute Gasteiger partial charge is 0.123 e. The molecule has 0 nitrogen and oxygen atoms in total. The van der Waals surface area contributed by atoms with Crippen LogP contribution in [-0.2, 0) is 12.8 Å². The largest absolute Gasteiger partial charge is 0.207 e. The molecular formula is C26H19F. The van der Waals surface area contributed by atoms with Gasteiger partial charge in [-0.1, -0.05) is 78.6 Å². The second-order valence-corrected chi connectivity index (χ2v) is 6.66. The highest BCUT2D eigenvalue weighted by molar-refractivity contribution is 5.84. The van der Waals surface area contributed by atoms with E-state index < -0.39 is 0 Å². The summed E-state index contributed by atoms with van der Waals surface area (Å²) in [6.45, 7) is 0.